The Labute approximate surface area is 159 Å². The minimum absolute atomic E-state index is 0.0235. The molecule has 0 spiro atoms. The molecular formula is C20H28FN3O3. The molecule has 0 aliphatic carbocycles. The fraction of sp³-hybridized carbons (Fsp3) is 0.550. The van der Waals surface area contributed by atoms with Crippen molar-refractivity contribution in [1.29, 1.82) is 0 Å². The van der Waals surface area contributed by atoms with Crippen molar-refractivity contribution in [3.8, 4) is 0 Å². The molecular weight excluding hydrogens is 349 g/mol. The van der Waals surface area contributed by atoms with Crippen molar-refractivity contribution in [2.24, 2.45) is 5.92 Å². The molecule has 6 nitrogen and oxygen atoms in total. The van der Waals surface area contributed by atoms with E-state index in [1.54, 1.807) is 9.80 Å². The number of amides is 3. The largest absolute Gasteiger partial charge is 0.343 e. The van der Waals surface area contributed by atoms with E-state index in [0.717, 1.165) is 0 Å². The number of carbonyl (C=O) groups excluding carboxylic acids is 3. The summed E-state index contributed by atoms with van der Waals surface area (Å²) in [5.74, 6) is -0.946. The van der Waals surface area contributed by atoms with Crippen molar-refractivity contribution in [1.82, 2.24) is 15.1 Å². The summed E-state index contributed by atoms with van der Waals surface area (Å²) in [6.45, 7) is 7.62. The number of piperidine rings is 1. The number of nitrogens with zero attached hydrogens (tertiary/aromatic N) is 2. The molecule has 1 aliphatic heterocycles. The van der Waals surface area contributed by atoms with E-state index >= 15 is 0 Å². The molecule has 2 rings (SSSR count). The van der Waals surface area contributed by atoms with Crippen molar-refractivity contribution in [2.75, 3.05) is 26.2 Å². The van der Waals surface area contributed by atoms with E-state index < -0.39 is 17.8 Å². The number of likely N-dealkylation sites (tertiary alicyclic amines) is 1. The van der Waals surface area contributed by atoms with Gasteiger partial charge in [0.2, 0.25) is 11.8 Å². The third-order valence-corrected chi connectivity index (χ3v) is 5.19. The van der Waals surface area contributed by atoms with Gasteiger partial charge in [0.1, 0.15) is 11.9 Å². The lowest BCUT2D eigenvalue weighted by Crippen LogP contribution is -2.54. The zero-order chi connectivity index (χ0) is 20.0. The number of hydrogen-bond donors (Lipinski definition) is 1. The molecule has 0 radical (unpaired) electrons. The second kappa shape index (κ2) is 9.48. The van der Waals surface area contributed by atoms with Crippen LogP contribution in [0.4, 0.5) is 4.39 Å². The number of benzene rings is 1. The highest BCUT2D eigenvalue weighted by atomic mass is 19.1. The molecule has 1 fully saturated rings. The molecule has 7 heteroatoms. The topological polar surface area (TPSA) is 69.7 Å². The normalized spacial score (nSPS) is 15.9. The van der Waals surface area contributed by atoms with Gasteiger partial charge >= 0.3 is 0 Å². The van der Waals surface area contributed by atoms with Gasteiger partial charge in [-0.15, -0.1) is 0 Å². The van der Waals surface area contributed by atoms with E-state index in [1.165, 1.54) is 31.2 Å². The number of likely N-dealkylation sites (N-methyl/N-ethyl adjacent to an activating group) is 1. The number of nitrogens with one attached hydrogen (secondary N) is 1. The van der Waals surface area contributed by atoms with Crippen molar-refractivity contribution in [2.45, 2.75) is 39.7 Å². The van der Waals surface area contributed by atoms with Gasteiger partial charge in [0, 0.05) is 38.7 Å². The van der Waals surface area contributed by atoms with Crippen molar-refractivity contribution >= 4 is 17.7 Å². The zero-order valence-electron chi connectivity index (χ0n) is 16.2. The van der Waals surface area contributed by atoms with Crippen molar-refractivity contribution in [3.05, 3.63) is 35.6 Å². The number of halogens is 1. The molecule has 1 aromatic rings. The quantitative estimate of drug-likeness (QED) is 0.825. The van der Waals surface area contributed by atoms with Gasteiger partial charge in [-0.2, -0.15) is 0 Å². The zero-order valence-corrected chi connectivity index (χ0v) is 16.2. The van der Waals surface area contributed by atoms with Crippen LogP contribution in [0.5, 0.6) is 0 Å². The van der Waals surface area contributed by atoms with E-state index in [4.69, 9.17) is 0 Å². The lowest BCUT2D eigenvalue weighted by Gasteiger charge is -2.37. The summed E-state index contributed by atoms with van der Waals surface area (Å²) in [4.78, 5) is 40.6. The maximum Gasteiger partial charge on any atom is 0.251 e. The molecule has 148 valence electrons. The Morgan fingerprint density at radius 3 is 2.19 bits per heavy atom. The summed E-state index contributed by atoms with van der Waals surface area (Å²) in [5, 5.41) is 2.86. The highest BCUT2D eigenvalue weighted by Gasteiger charge is 2.35. The van der Waals surface area contributed by atoms with Gasteiger partial charge < -0.3 is 15.1 Å². The van der Waals surface area contributed by atoms with Crippen LogP contribution < -0.4 is 5.32 Å². The van der Waals surface area contributed by atoms with Gasteiger partial charge in [-0.25, -0.2) is 4.39 Å². The molecule has 0 aromatic heterocycles. The first-order valence-electron chi connectivity index (χ1n) is 9.48. The van der Waals surface area contributed by atoms with Crippen LogP contribution in [0.2, 0.25) is 0 Å². The summed E-state index contributed by atoms with van der Waals surface area (Å²) >= 11 is 0. The Hall–Kier alpha value is -2.44. The first-order valence-corrected chi connectivity index (χ1v) is 9.48. The number of rotatable bonds is 6. The molecule has 27 heavy (non-hydrogen) atoms. The number of hydrogen-bond acceptors (Lipinski definition) is 3. The maximum absolute atomic E-state index is 13.1. The van der Waals surface area contributed by atoms with Crippen molar-refractivity contribution in [3.63, 3.8) is 0 Å². The Morgan fingerprint density at radius 1 is 1.15 bits per heavy atom. The van der Waals surface area contributed by atoms with Crippen LogP contribution in [0, 0.1) is 11.7 Å². The molecule has 1 saturated heterocycles. The molecule has 1 heterocycles. The van der Waals surface area contributed by atoms with E-state index in [9.17, 15) is 18.8 Å². The lowest BCUT2D eigenvalue weighted by atomic mass is 9.88. The predicted octanol–water partition coefficient (Wildman–Crippen LogP) is 2.05. The van der Waals surface area contributed by atoms with Gasteiger partial charge in [-0.05, 0) is 56.9 Å². The van der Waals surface area contributed by atoms with Gasteiger partial charge in [-0.3, -0.25) is 14.4 Å². The third kappa shape index (κ3) is 5.28. The molecule has 1 unspecified atom stereocenters. The Kier molecular flexibility index (Phi) is 7.33. The van der Waals surface area contributed by atoms with Crippen LogP contribution >= 0.6 is 0 Å². The minimum atomic E-state index is -0.656. The summed E-state index contributed by atoms with van der Waals surface area (Å²) < 4.78 is 13.1. The van der Waals surface area contributed by atoms with Gasteiger partial charge in [-0.1, -0.05) is 0 Å². The average molecular weight is 377 g/mol. The van der Waals surface area contributed by atoms with Gasteiger partial charge in [0.25, 0.3) is 5.91 Å². The average Bonchev–Trinajstić information content (AvgIpc) is 2.67. The highest BCUT2D eigenvalue weighted by molar-refractivity contribution is 5.97. The second-order valence-electron chi connectivity index (χ2n) is 6.81. The van der Waals surface area contributed by atoms with E-state index in [2.05, 4.69) is 5.32 Å². The summed E-state index contributed by atoms with van der Waals surface area (Å²) in [5.41, 5.74) is 0.315. The van der Waals surface area contributed by atoms with Crippen LogP contribution in [0.3, 0.4) is 0 Å². The molecule has 1 N–H and O–H groups in total. The van der Waals surface area contributed by atoms with Crippen LogP contribution in [-0.2, 0) is 9.59 Å². The van der Waals surface area contributed by atoms with Crippen LogP contribution in [0.1, 0.15) is 44.0 Å². The monoisotopic (exact) mass is 377 g/mol. The summed E-state index contributed by atoms with van der Waals surface area (Å²) in [6, 6.07) is 4.60. The lowest BCUT2D eigenvalue weighted by molar-refractivity contribution is -0.135. The minimum Gasteiger partial charge on any atom is -0.343 e. The molecule has 1 aliphatic rings. The standard InChI is InChI=1S/C20H28FN3O3/c1-4-23(5-2)20(27)18(15-10-12-24(13-11-15)14(3)25)22-19(26)16-6-8-17(21)9-7-16/h6-9,15,18H,4-5,10-13H2,1-3H3,(H,22,26). The third-order valence-electron chi connectivity index (χ3n) is 5.19. The fourth-order valence-electron chi connectivity index (χ4n) is 3.49. The predicted molar refractivity (Wildman–Crippen MR) is 101 cm³/mol. The van der Waals surface area contributed by atoms with Crippen LogP contribution in [0.15, 0.2) is 24.3 Å². The molecule has 0 saturated carbocycles. The van der Waals surface area contributed by atoms with E-state index in [0.29, 0.717) is 44.6 Å². The van der Waals surface area contributed by atoms with Crippen molar-refractivity contribution < 1.29 is 18.8 Å². The van der Waals surface area contributed by atoms with E-state index in [-0.39, 0.29) is 17.7 Å². The first-order chi connectivity index (χ1) is 12.9. The summed E-state index contributed by atoms with van der Waals surface area (Å²) in [7, 11) is 0. The van der Waals surface area contributed by atoms with E-state index in [1.807, 2.05) is 13.8 Å². The first kappa shape index (κ1) is 20.9. The summed E-state index contributed by atoms with van der Waals surface area (Å²) in [6.07, 6.45) is 1.31. The highest BCUT2D eigenvalue weighted by Crippen LogP contribution is 2.23. The SMILES string of the molecule is CCN(CC)C(=O)C(NC(=O)c1ccc(F)cc1)C1CCN(C(C)=O)CC1. The molecule has 1 atom stereocenters. The molecule has 0 bridgehead atoms. The molecule has 1 aromatic carbocycles. The fourth-order valence-corrected chi connectivity index (χ4v) is 3.49. The smallest absolute Gasteiger partial charge is 0.251 e. The number of carbonyl (C=O) groups is 3. The van der Waals surface area contributed by atoms with Gasteiger partial charge in [0.15, 0.2) is 0 Å². The maximum atomic E-state index is 13.1. The Balaban J connectivity index is 2.17. The van der Waals surface area contributed by atoms with Crippen LogP contribution in [0.25, 0.3) is 0 Å². The molecule has 3 amide bonds. The second-order valence-corrected chi connectivity index (χ2v) is 6.81. The van der Waals surface area contributed by atoms with Crippen LogP contribution in [-0.4, -0.2) is 59.7 Å². The Bertz CT molecular complexity index is 666. The Morgan fingerprint density at radius 2 is 1.70 bits per heavy atom. The van der Waals surface area contributed by atoms with Gasteiger partial charge in [0.05, 0.1) is 0 Å².